The van der Waals surface area contributed by atoms with E-state index in [1.54, 1.807) is 0 Å². The lowest BCUT2D eigenvalue weighted by atomic mass is 9.74. The third-order valence-electron chi connectivity index (χ3n) is 3.68. The predicted molar refractivity (Wildman–Crippen MR) is 67.6 cm³/mol. The molecule has 17 heavy (non-hydrogen) atoms. The van der Waals surface area contributed by atoms with Crippen molar-refractivity contribution in [2.45, 2.75) is 46.6 Å². The fraction of sp³-hybridized carbons (Fsp3) is 0.786. The quantitative estimate of drug-likeness (QED) is 0.743. The molecule has 0 spiro atoms. The van der Waals surface area contributed by atoms with Crippen LogP contribution in [0.2, 0.25) is 0 Å². The van der Waals surface area contributed by atoms with Gasteiger partial charge in [0, 0.05) is 0 Å². The molecule has 0 radical (unpaired) electrons. The molecule has 2 N–H and O–H groups in total. The lowest BCUT2D eigenvalue weighted by molar-refractivity contribution is -0.150. The summed E-state index contributed by atoms with van der Waals surface area (Å²) in [6, 6.07) is 0. The van der Waals surface area contributed by atoms with Crippen molar-refractivity contribution < 1.29 is 15.0 Å². The Morgan fingerprint density at radius 2 is 2.06 bits per heavy atom. The van der Waals surface area contributed by atoms with Gasteiger partial charge in [0.1, 0.15) is 0 Å². The average molecular weight is 240 g/mol. The first-order chi connectivity index (χ1) is 7.82. The number of aliphatic hydroxyl groups is 1. The molecule has 3 nitrogen and oxygen atoms in total. The number of hydrogen-bond donors (Lipinski definition) is 2. The molecule has 1 aliphatic rings. The highest BCUT2D eigenvalue weighted by Gasteiger charge is 2.36. The number of hydrogen-bond acceptors (Lipinski definition) is 2. The van der Waals surface area contributed by atoms with Crippen LogP contribution in [0, 0.1) is 23.7 Å². The minimum absolute atomic E-state index is 0.0379. The van der Waals surface area contributed by atoms with E-state index in [0.717, 1.165) is 12.8 Å². The SMILES string of the molecule is CC1=CC(C)CC(C(O)C(C(=O)O)C(C)C)C1. The second-order valence-corrected chi connectivity index (χ2v) is 5.79. The van der Waals surface area contributed by atoms with E-state index in [9.17, 15) is 15.0 Å². The Morgan fingerprint density at radius 3 is 2.47 bits per heavy atom. The van der Waals surface area contributed by atoms with Crippen molar-refractivity contribution in [2.75, 3.05) is 0 Å². The van der Waals surface area contributed by atoms with E-state index >= 15 is 0 Å². The van der Waals surface area contributed by atoms with E-state index in [0.29, 0.717) is 5.92 Å². The fourth-order valence-corrected chi connectivity index (χ4v) is 2.98. The largest absolute Gasteiger partial charge is 0.481 e. The molecule has 0 saturated carbocycles. The molecule has 0 fully saturated rings. The van der Waals surface area contributed by atoms with Crippen LogP contribution in [-0.4, -0.2) is 22.3 Å². The maximum atomic E-state index is 11.2. The summed E-state index contributed by atoms with van der Waals surface area (Å²) >= 11 is 0. The van der Waals surface area contributed by atoms with Gasteiger partial charge in [-0.05, 0) is 37.5 Å². The molecular formula is C14H24O3. The Kier molecular flexibility index (Phi) is 4.75. The summed E-state index contributed by atoms with van der Waals surface area (Å²) in [6.07, 6.45) is 3.18. The van der Waals surface area contributed by atoms with E-state index in [4.69, 9.17) is 0 Å². The summed E-state index contributed by atoms with van der Waals surface area (Å²) in [4.78, 5) is 11.2. The molecule has 0 aromatic rings. The Labute approximate surface area is 104 Å². The molecule has 0 aliphatic heterocycles. The Balaban J connectivity index is 2.78. The van der Waals surface area contributed by atoms with Gasteiger partial charge in [0.15, 0.2) is 0 Å². The summed E-state index contributed by atoms with van der Waals surface area (Å²) in [5.74, 6) is -1.06. The van der Waals surface area contributed by atoms with E-state index in [2.05, 4.69) is 19.9 Å². The van der Waals surface area contributed by atoms with Crippen molar-refractivity contribution >= 4 is 5.97 Å². The first-order valence-electron chi connectivity index (χ1n) is 6.41. The summed E-state index contributed by atoms with van der Waals surface area (Å²) in [5, 5.41) is 19.5. The van der Waals surface area contributed by atoms with Gasteiger partial charge in [0.2, 0.25) is 0 Å². The summed E-state index contributed by atoms with van der Waals surface area (Å²) < 4.78 is 0. The van der Waals surface area contributed by atoms with Gasteiger partial charge in [-0.1, -0.05) is 32.4 Å². The summed E-state index contributed by atoms with van der Waals surface area (Å²) in [5.41, 5.74) is 1.26. The van der Waals surface area contributed by atoms with Gasteiger partial charge >= 0.3 is 5.97 Å². The molecule has 98 valence electrons. The van der Waals surface area contributed by atoms with Crippen LogP contribution in [0.5, 0.6) is 0 Å². The number of carbonyl (C=O) groups is 1. The fourth-order valence-electron chi connectivity index (χ4n) is 2.98. The van der Waals surface area contributed by atoms with Gasteiger partial charge in [-0.25, -0.2) is 0 Å². The van der Waals surface area contributed by atoms with Crippen molar-refractivity contribution in [3.8, 4) is 0 Å². The number of rotatable bonds is 4. The minimum atomic E-state index is -0.882. The van der Waals surface area contributed by atoms with Crippen LogP contribution in [0.15, 0.2) is 11.6 Å². The zero-order valence-electron chi connectivity index (χ0n) is 11.2. The van der Waals surface area contributed by atoms with Gasteiger partial charge in [-0.3, -0.25) is 4.79 Å². The molecular weight excluding hydrogens is 216 g/mol. The lowest BCUT2D eigenvalue weighted by Crippen LogP contribution is -2.39. The van der Waals surface area contributed by atoms with Gasteiger partial charge < -0.3 is 10.2 Å². The number of aliphatic hydroxyl groups excluding tert-OH is 1. The molecule has 0 amide bonds. The predicted octanol–water partition coefficient (Wildman–Crippen LogP) is 2.70. The number of carboxylic acid groups (broad SMARTS) is 1. The zero-order chi connectivity index (χ0) is 13.2. The molecule has 4 atom stereocenters. The van der Waals surface area contributed by atoms with E-state index in [1.165, 1.54) is 5.57 Å². The molecule has 0 bridgehead atoms. The highest BCUT2D eigenvalue weighted by Crippen LogP contribution is 2.34. The Morgan fingerprint density at radius 1 is 1.47 bits per heavy atom. The monoisotopic (exact) mass is 240 g/mol. The van der Waals surface area contributed by atoms with Crippen LogP contribution in [0.3, 0.4) is 0 Å². The van der Waals surface area contributed by atoms with Crippen molar-refractivity contribution in [3.05, 3.63) is 11.6 Å². The summed E-state index contributed by atoms with van der Waals surface area (Å²) in [7, 11) is 0. The molecule has 0 heterocycles. The van der Waals surface area contributed by atoms with Crippen LogP contribution >= 0.6 is 0 Å². The smallest absolute Gasteiger partial charge is 0.309 e. The lowest BCUT2D eigenvalue weighted by Gasteiger charge is -2.33. The third kappa shape index (κ3) is 3.56. The minimum Gasteiger partial charge on any atom is -0.481 e. The normalized spacial score (nSPS) is 28.7. The van der Waals surface area contributed by atoms with Crippen LogP contribution in [0.1, 0.15) is 40.5 Å². The maximum Gasteiger partial charge on any atom is 0.309 e. The maximum absolute atomic E-state index is 11.2. The van der Waals surface area contributed by atoms with Gasteiger partial charge in [0.05, 0.1) is 12.0 Å². The average Bonchev–Trinajstić information content (AvgIpc) is 2.14. The van der Waals surface area contributed by atoms with Gasteiger partial charge in [-0.15, -0.1) is 0 Å². The molecule has 0 saturated heterocycles. The summed E-state index contributed by atoms with van der Waals surface area (Å²) in [6.45, 7) is 7.89. The molecule has 4 unspecified atom stereocenters. The molecule has 1 aliphatic carbocycles. The van der Waals surface area contributed by atoms with Crippen LogP contribution in [-0.2, 0) is 4.79 Å². The number of aliphatic carboxylic acids is 1. The second kappa shape index (κ2) is 5.67. The van der Waals surface area contributed by atoms with E-state index < -0.39 is 18.0 Å². The van der Waals surface area contributed by atoms with Crippen LogP contribution in [0.4, 0.5) is 0 Å². The van der Waals surface area contributed by atoms with Gasteiger partial charge in [-0.2, -0.15) is 0 Å². The highest BCUT2D eigenvalue weighted by molar-refractivity contribution is 5.71. The van der Waals surface area contributed by atoms with Crippen LogP contribution < -0.4 is 0 Å². The van der Waals surface area contributed by atoms with Crippen molar-refractivity contribution in [2.24, 2.45) is 23.7 Å². The number of carboxylic acids is 1. The highest BCUT2D eigenvalue weighted by atomic mass is 16.4. The Bertz CT molecular complexity index is 307. The number of allylic oxidation sites excluding steroid dienone is 2. The zero-order valence-corrected chi connectivity index (χ0v) is 11.2. The van der Waals surface area contributed by atoms with Crippen molar-refractivity contribution in [1.82, 2.24) is 0 Å². The first-order valence-corrected chi connectivity index (χ1v) is 6.41. The second-order valence-electron chi connectivity index (χ2n) is 5.79. The van der Waals surface area contributed by atoms with Crippen molar-refractivity contribution in [3.63, 3.8) is 0 Å². The third-order valence-corrected chi connectivity index (χ3v) is 3.68. The Hall–Kier alpha value is -0.830. The van der Waals surface area contributed by atoms with E-state index in [1.807, 2.05) is 13.8 Å². The van der Waals surface area contributed by atoms with Crippen LogP contribution in [0.25, 0.3) is 0 Å². The molecule has 1 rings (SSSR count). The van der Waals surface area contributed by atoms with E-state index in [-0.39, 0.29) is 11.8 Å². The van der Waals surface area contributed by atoms with Gasteiger partial charge in [0.25, 0.3) is 0 Å². The topological polar surface area (TPSA) is 57.5 Å². The first kappa shape index (κ1) is 14.2. The standard InChI is InChI=1S/C14H24O3/c1-8(2)12(14(16)17)13(15)11-6-9(3)5-10(4)7-11/h5,8-9,11-13,15H,6-7H2,1-4H3,(H,16,17). The molecule has 0 aromatic heterocycles. The molecule has 0 aromatic carbocycles. The van der Waals surface area contributed by atoms with Crippen molar-refractivity contribution in [1.29, 1.82) is 0 Å². The molecule has 3 heteroatoms.